The molecule has 2 aromatic carbocycles. The fraction of sp³-hybridized carbons (Fsp3) is 0.562. The zero-order valence-electron chi connectivity index (χ0n) is 23.3. The third kappa shape index (κ3) is 5.99. The first kappa shape index (κ1) is 27.5. The molecule has 8 heteroatoms. The lowest BCUT2D eigenvalue weighted by Gasteiger charge is -2.61. The van der Waals surface area contributed by atoms with E-state index in [0.29, 0.717) is 18.5 Å². The molecule has 1 heterocycles. The summed E-state index contributed by atoms with van der Waals surface area (Å²) in [5, 5.41) is 10.3. The highest BCUT2D eigenvalue weighted by Crippen LogP contribution is 2.57. The number of nitrogens with one attached hydrogen (secondary N) is 1. The number of carbonyl (C=O) groups excluding carboxylic acids is 1. The molecule has 0 unspecified atom stereocenters. The number of hydrogen-bond donors (Lipinski definition) is 3. The van der Waals surface area contributed by atoms with Crippen molar-refractivity contribution < 1.29 is 9.90 Å². The van der Waals surface area contributed by atoms with Gasteiger partial charge in [-0.3, -0.25) is 14.5 Å². The number of primary amides is 1. The Morgan fingerprint density at radius 2 is 1.62 bits per heavy atom. The van der Waals surface area contributed by atoms with Crippen LogP contribution in [0.2, 0.25) is 0 Å². The summed E-state index contributed by atoms with van der Waals surface area (Å²) < 4.78 is 0.876. The van der Waals surface area contributed by atoms with Gasteiger partial charge in [-0.2, -0.15) is 0 Å². The average molecular weight is 563 g/mol. The summed E-state index contributed by atoms with van der Waals surface area (Å²) in [5.74, 6) is 2.46. The lowest BCUT2D eigenvalue weighted by atomic mass is 9.52. The van der Waals surface area contributed by atoms with Gasteiger partial charge in [0.1, 0.15) is 11.3 Å². The molecule has 3 aromatic rings. The first-order chi connectivity index (χ1) is 19.4. The molecule has 7 rings (SSSR count). The van der Waals surface area contributed by atoms with Gasteiger partial charge in [0, 0.05) is 44.7 Å². The number of nitrogens with two attached hydrogens (primary N) is 1. The maximum atomic E-state index is 12.1. The van der Waals surface area contributed by atoms with Gasteiger partial charge in [0.2, 0.25) is 5.91 Å². The predicted molar refractivity (Wildman–Crippen MR) is 161 cm³/mol. The Labute approximate surface area is 240 Å². The Hall–Kier alpha value is -2.68. The molecule has 4 aliphatic carbocycles. The minimum absolute atomic E-state index is 0.126. The topological polar surface area (TPSA) is 103 Å². The molecular formula is C32H42N4O3S. The predicted octanol–water partition coefficient (Wildman–Crippen LogP) is 4.53. The van der Waals surface area contributed by atoms with E-state index in [2.05, 4.69) is 39.0 Å². The molecule has 0 atom stereocenters. The summed E-state index contributed by atoms with van der Waals surface area (Å²) >= 11 is 1.19. The number of hydrogen-bond acceptors (Lipinski definition) is 6. The maximum absolute atomic E-state index is 12.1. The SMILES string of the molecule is NC(=O)CCN(CCc1ccccc1)CCN(CCc1ccc(O)c2[nH]c(=O)sc12)C12CC3CC(CC(C3)C1)C2. The van der Waals surface area contributed by atoms with Crippen molar-refractivity contribution in [1.29, 1.82) is 0 Å². The summed E-state index contributed by atoms with van der Waals surface area (Å²) in [6.07, 6.45) is 10.3. The molecule has 0 saturated heterocycles. The Morgan fingerprint density at radius 1 is 0.925 bits per heavy atom. The molecule has 0 spiro atoms. The van der Waals surface area contributed by atoms with Crippen LogP contribution in [0.5, 0.6) is 5.75 Å². The van der Waals surface area contributed by atoms with E-state index in [-0.39, 0.29) is 22.1 Å². The molecule has 4 aliphatic rings. The molecule has 4 N–H and O–H groups in total. The molecule has 4 saturated carbocycles. The van der Waals surface area contributed by atoms with Crippen molar-refractivity contribution in [1.82, 2.24) is 14.8 Å². The number of H-pyrrole nitrogens is 1. The van der Waals surface area contributed by atoms with Crippen molar-refractivity contribution >= 4 is 27.5 Å². The Balaban J connectivity index is 1.21. The summed E-state index contributed by atoms with van der Waals surface area (Å²) in [4.78, 5) is 31.7. The van der Waals surface area contributed by atoms with E-state index < -0.39 is 0 Å². The van der Waals surface area contributed by atoms with Gasteiger partial charge in [0.25, 0.3) is 0 Å². The van der Waals surface area contributed by atoms with E-state index in [9.17, 15) is 14.7 Å². The van der Waals surface area contributed by atoms with Crippen molar-refractivity contribution in [2.45, 2.75) is 63.3 Å². The zero-order chi connectivity index (χ0) is 27.7. The molecule has 7 nitrogen and oxygen atoms in total. The van der Waals surface area contributed by atoms with Crippen LogP contribution in [0.4, 0.5) is 0 Å². The maximum Gasteiger partial charge on any atom is 0.305 e. The number of nitrogens with zero attached hydrogens (tertiary/aromatic N) is 2. The highest BCUT2D eigenvalue weighted by molar-refractivity contribution is 7.16. The number of benzene rings is 2. The number of fused-ring (bicyclic) bond motifs is 1. The van der Waals surface area contributed by atoms with Crippen LogP contribution in [-0.4, -0.2) is 64.1 Å². The summed E-state index contributed by atoms with van der Waals surface area (Å²) in [6.45, 7) is 4.39. The van der Waals surface area contributed by atoms with Crippen molar-refractivity contribution in [3.63, 3.8) is 0 Å². The van der Waals surface area contributed by atoms with Gasteiger partial charge < -0.3 is 20.7 Å². The highest BCUT2D eigenvalue weighted by Gasteiger charge is 2.53. The Morgan fingerprint density at radius 3 is 2.30 bits per heavy atom. The average Bonchev–Trinajstić information content (AvgIpc) is 3.33. The summed E-state index contributed by atoms with van der Waals surface area (Å²) in [6, 6.07) is 14.2. The van der Waals surface area contributed by atoms with Crippen LogP contribution in [0, 0.1) is 17.8 Å². The largest absolute Gasteiger partial charge is 0.506 e. The van der Waals surface area contributed by atoms with Gasteiger partial charge in [0.05, 0.1) is 4.70 Å². The molecule has 214 valence electrons. The smallest absolute Gasteiger partial charge is 0.305 e. The lowest BCUT2D eigenvalue weighted by Crippen LogP contribution is -2.61. The van der Waals surface area contributed by atoms with Crippen molar-refractivity contribution in [3.8, 4) is 5.75 Å². The molecular weight excluding hydrogens is 520 g/mol. The number of phenols is 1. The second kappa shape index (κ2) is 11.7. The minimum atomic E-state index is -0.246. The van der Waals surface area contributed by atoms with Crippen molar-refractivity contribution in [2.24, 2.45) is 23.5 Å². The van der Waals surface area contributed by atoms with Crippen LogP contribution in [0.15, 0.2) is 47.3 Å². The number of rotatable bonds is 13. The first-order valence-electron chi connectivity index (χ1n) is 15.0. The van der Waals surface area contributed by atoms with Crippen molar-refractivity contribution in [3.05, 3.63) is 63.3 Å². The Kier molecular flexibility index (Phi) is 8.02. The molecule has 1 amide bonds. The fourth-order valence-electron chi connectivity index (χ4n) is 8.36. The lowest BCUT2D eigenvalue weighted by molar-refractivity contribution is -0.118. The van der Waals surface area contributed by atoms with Crippen LogP contribution in [-0.2, 0) is 17.6 Å². The van der Waals surface area contributed by atoms with Gasteiger partial charge in [0.15, 0.2) is 0 Å². The number of thiazole rings is 1. The monoisotopic (exact) mass is 562 g/mol. The van der Waals surface area contributed by atoms with E-state index in [4.69, 9.17) is 5.73 Å². The Bertz CT molecular complexity index is 1350. The number of aromatic amines is 1. The third-order valence-corrected chi connectivity index (χ3v) is 10.8. The van der Waals surface area contributed by atoms with Crippen molar-refractivity contribution in [2.75, 3.05) is 32.7 Å². The second-order valence-electron chi connectivity index (χ2n) is 12.6. The van der Waals surface area contributed by atoms with E-state index in [1.54, 1.807) is 6.07 Å². The number of carbonyl (C=O) groups is 1. The zero-order valence-corrected chi connectivity index (χ0v) is 24.1. The third-order valence-electron chi connectivity index (χ3n) is 9.89. The highest BCUT2D eigenvalue weighted by atomic mass is 32.1. The number of aromatic nitrogens is 1. The first-order valence-corrected chi connectivity index (χ1v) is 15.8. The fourth-order valence-corrected chi connectivity index (χ4v) is 9.26. The summed E-state index contributed by atoms with van der Waals surface area (Å²) in [7, 11) is 0. The second-order valence-corrected chi connectivity index (χ2v) is 13.6. The summed E-state index contributed by atoms with van der Waals surface area (Å²) in [5.41, 5.74) is 8.81. The van der Waals surface area contributed by atoms with Crippen LogP contribution < -0.4 is 10.6 Å². The van der Waals surface area contributed by atoms with Gasteiger partial charge in [-0.25, -0.2) is 0 Å². The van der Waals surface area contributed by atoms with Crippen LogP contribution >= 0.6 is 11.3 Å². The molecule has 0 radical (unpaired) electrons. The van der Waals surface area contributed by atoms with Gasteiger partial charge in [-0.1, -0.05) is 47.7 Å². The van der Waals surface area contributed by atoms with E-state index in [1.807, 2.05) is 12.1 Å². The van der Waals surface area contributed by atoms with E-state index in [1.165, 1.54) is 55.4 Å². The van der Waals surface area contributed by atoms with E-state index >= 15 is 0 Å². The van der Waals surface area contributed by atoms with Crippen LogP contribution in [0.1, 0.15) is 56.1 Å². The number of phenolic OH excluding ortho intramolecular Hbond substituents is 1. The minimum Gasteiger partial charge on any atom is -0.506 e. The van der Waals surface area contributed by atoms with E-state index in [0.717, 1.165) is 67.0 Å². The molecule has 40 heavy (non-hydrogen) atoms. The molecule has 1 aromatic heterocycles. The van der Waals surface area contributed by atoms with Gasteiger partial charge >= 0.3 is 4.87 Å². The normalized spacial score (nSPS) is 25.4. The van der Waals surface area contributed by atoms with Crippen LogP contribution in [0.3, 0.4) is 0 Å². The van der Waals surface area contributed by atoms with Crippen LogP contribution in [0.25, 0.3) is 10.2 Å². The quantitative estimate of drug-likeness (QED) is 0.284. The number of amides is 1. The molecule has 0 aliphatic heterocycles. The molecule has 4 bridgehead atoms. The number of aromatic hydroxyl groups is 1. The van der Waals surface area contributed by atoms with Gasteiger partial charge in [-0.15, -0.1) is 0 Å². The molecule has 4 fully saturated rings. The van der Waals surface area contributed by atoms with Gasteiger partial charge in [-0.05, 0) is 86.3 Å². The standard InChI is InChI=1S/C32H42N4O3S/c33-28(38)10-12-35(11-8-22-4-2-1-3-5-22)14-15-36(32-19-23-16-24(20-32)18-25(17-23)21-32)13-9-26-6-7-27(37)29-30(26)40-31(39)34-29/h1-7,23-25,37H,8-21H2,(H2,33,38)(H,34,39).